The highest BCUT2D eigenvalue weighted by atomic mass is 14.6. The molecule has 0 aliphatic heterocycles. The number of hydrogen-bond acceptors (Lipinski definition) is 1. The molecule has 1 aromatic rings. The summed E-state index contributed by atoms with van der Waals surface area (Å²) in [7, 11) is 0. The summed E-state index contributed by atoms with van der Waals surface area (Å²) in [6.45, 7) is 9.87. The normalized spacial score (nSPS) is 27.1. The lowest BCUT2D eigenvalue weighted by Crippen LogP contribution is -2.47. The molecule has 19 heavy (non-hydrogen) atoms. The third kappa shape index (κ3) is 2.86. The second kappa shape index (κ2) is 5.28. The summed E-state index contributed by atoms with van der Waals surface area (Å²) in [4.78, 5) is 0. The lowest BCUT2D eigenvalue weighted by molar-refractivity contribution is 0.139. The van der Waals surface area contributed by atoms with Gasteiger partial charge < -0.3 is 5.73 Å². The molecule has 1 heteroatoms. The molecule has 1 fully saturated rings. The highest BCUT2D eigenvalue weighted by molar-refractivity contribution is 5.34. The van der Waals surface area contributed by atoms with Crippen LogP contribution in [0.25, 0.3) is 0 Å². The third-order valence-corrected chi connectivity index (χ3v) is 4.81. The van der Waals surface area contributed by atoms with E-state index in [1.165, 1.54) is 36.8 Å². The molecule has 0 unspecified atom stereocenters. The number of nitrogens with two attached hydrogens (primary N) is 1. The number of benzene rings is 1. The van der Waals surface area contributed by atoms with E-state index in [-0.39, 0.29) is 10.8 Å². The Labute approximate surface area is 118 Å². The van der Waals surface area contributed by atoms with Gasteiger partial charge in [0.25, 0.3) is 0 Å². The molecule has 1 aliphatic carbocycles. The van der Waals surface area contributed by atoms with E-state index in [0.29, 0.717) is 0 Å². The first-order valence-electron chi connectivity index (χ1n) is 7.72. The Morgan fingerprint density at radius 3 is 2.16 bits per heavy atom. The first-order chi connectivity index (χ1) is 8.91. The van der Waals surface area contributed by atoms with Crippen LogP contribution >= 0.6 is 0 Å². The molecule has 1 saturated carbocycles. The Balaban J connectivity index is 2.13. The van der Waals surface area contributed by atoms with Gasteiger partial charge >= 0.3 is 0 Å². The number of rotatable bonds is 4. The second-order valence-corrected chi connectivity index (χ2v) is 7.37. The van der Waals surface area contributed by atoms with Crippen molar-refractivity contribution in [3.8, 4) is 0 Å². The molecule has 1 nitrogen and oxygen atoms in total. The van der Waals surface area contributed by atoms with Crippen LogP contribution in [0.3, 0.4) is 0 Å². The fraction of sp³-hybridized carbons (Fsp3) is 0.667. The monoisotopic (exact) mass is 259 g/mol. The zero-order valence-electron chi connectivity index (χ0n) is 13.0. The van der Waals surface area contributed by atoms with Crippen LogP contribution in [0.2, 0.25) is 0 Å². The molecule has 2 rings (SSSR count). The Kier molecular flexibility index (Phi) is 4.06. The second-order valence-electron chi connectivity index (χ2n) is 7.37. The quantitative estimate of drug-likeness (QED) is 0.852. The van der Waals surface area contributed by atoms with Crippen molar-refractivity contribution >= 4 is 0 Å². The summed E-state index contributed by atoms with van der Waals surface area (Å²) in [6, 6.07) is 9.21. The van der Waals surface area contributed by atoms with Gasteiger partial charge in [0.2, 0.25) is 0 Å². The van der Waals surface area contributed by atoms with Crippen LogP contribution < -0.4 is 5.73 Å². The predicted octanol–water partition coefficient (Wildman–Crippen LogP) is 4.39. The van der Waals surface area contributed by atoms with Gasteiger partial charge in [-0.3, -0.25) is 0 Å². The van der Waals surface area contributed by atoms with Crippen LogP contribution in [-0.4, -0.2) is 6.54 Å². The molecule has 0 heterocycles. The average molecular weight is 259 g/mol. The van der Waals surface area contributed by atoms with Crippen molar-refractivity contribution in [2.75, 3.05) is 6.54 Å². The fourth-order valence-electron chi connectivity index (χ4n) is 3.50. The molecule has 2 N–H and O–H groups in total. The molecule has 106 valence electrons. The van der Waals surface area contributed by atoms with Crippen LogP contribution in [0.1, 0.15) is 64.5 Å². The van der Waals surface area contributed by atoms with Gasteiger partial charge in [-0.05, 0) is 35.3 Å². The first kappa shape index (κ1) is 14.6. The Morgan fingerprint density at radius 2 is 1.74 bits per heavy atom. The van der Waals surface area contributed by atoms with E-state index in [4.69, 9.17) is 5.73 Å². The van der Waals surface area contributed by atoms with Crippen molar-refractivity contribution in [3.63, 3.8) is 0 Å². The van der Waals surface area contributed by atoms with Crippen LogP contribution in [0.5, 0.6) is 0 Å². The van der Waals surface area contributed by atoms with E-state index in [1.54, 1.807) is 0 Å². The molecule has 0 amide bonds. The molecule has 0 spiro atoms. The Morgan fingerprint density at radius 1 is 1.16 bits per heavy atom. The van der Waals surface area contributed by atoms with Crippen molar-refractivity contribution in [2.24, 2.45) is 11.7 Å². The van der Waals surface area contributed by atoms with Gasteiger partial charge in [-0.1, -0.05) is 64.8 Å². The van der Waals surface area contributed by atoms with Crippen LogP contribution in [-0.2, 0) is 10.8 Å². The summed E-state index contributed by atoms with van der Waals surface area (Å²) in [5.74, 6) is 0.899. The van der Waals surface area contributed by atoms with E-state index in [2.05, 4.69) is 52.0 Å². The molecule has 0 radical (unpaired) electrons. The summed E-state index contributed by atoms with van der Waals surface area (Å²) < 4.78 is 0. The van der Waals surface area contributed by atoms with Gasteiger partial charge in [0.05, 0.1) is 0 Å². The molecule has 1 aromatic carbocycles. The van der Waals surface area contributed by atoms with Crippen LogP contribution in [0, 0.1) is 5.92 Å². The predicted molar refractivity (Wildman–Crippen MR) is 83.5 cm³/mol. The molecule has 0 aromatic heterocycles. The summed E-state index contributed by atoms with van der Waals surface area (Å²) in [5, 5.41) is 0. The molecule has 1 aliphatic rings. The largest absolute Gasteiger partial charge is 0.330 e. The molecular weight excluding hydrogens is 230 g/mol. The standard InChI is InChI=1S/C18H29N/c1-5-6-14-11-18(12-14,13-19)16-9-7-15(8-10-16)17(2,3)4/h7-10,14H,5-6,11-13,19H2,1-4H3. The first-order valence-corrected chi connectivity index (χ1v) is 7.72. The maximum absolute atomic E-state index is 6.08. The Hall–Kier alpha value is -0.820. The highest BCUT2D eigenvalue weighted by Gasteiger charge is 2.43. The molecule has 0 atom stereocenters. The lowest BCUT2D eigenvalue weighted by atomic mass is 9.57. The highest BCUT2D eigenvalue weighted by Crippen LogP contribution is 2.49. The van der Waals surface area contributed by atoms with Crippen molar-refractivity contribution in [1.29, 1.82) is 0 Å². The van der Waals surface area contributed by atoms with E-state index >= 15 is 0 Å². The number of hydrogen-bond donors (Lipinski definition) is 1. The average Bonchev–Trinajstić information content (AvgIpc) is 2.32. The van der Waals surface area contributed by atoms with E-state index in [9.17, 15) is 0 Å². The van der Waals surface area contributed by atoms with Gasteiger partial charge in [-0.2, -0.15) is 0 Å². The summed E-state index contributed by atoms with van der Waals surface area (Å²) in [6.07, 6.45) is 5.23. The summed E-state index contributed by atoms with van der Waals surface area (Å²) in [5.41, 5.74) is 9.46. The van der Waals surface area contributed by atoms with Gasteiger partial charge in [0, 0.05) is 12.0 Å². The Bertz CT molecular complexity index is 404. The van der Waals surface area contributed by atoms with Crippen molar-refractivity contribution in [2.45, 2.75) is 64.2 Å². The molecule has 0 saturated heterocycles. The fourth-order valence-corrected chi connectivity index (χ4v) is 3.50. The smallest absolute Gasteiger partial charge is 0.00808 e. The zero-order valence-corrected chi connectivity index (χ0v) is 13.0. The minimum Gasteiger partial charge on any atom is -0.330 e. The van der Waals surface area contributed by atoms with Gasteiger partial charge in [0.15, 0.2) is 0 Å². The molecular formula is C18H29N. The van der Waals surface area contributed by atoms with Gasteiger partial charge in [0.1, 0.15) is 0 Å². The molecule has 0 bridgehead atoms. The summed E-state index contributed by atoms with van der Waals surface area (Å²) >= 11 is 0. The lowest BCUT2D eigenvalue weighted by Gasteiger charge is -2.48. The third-order valence-electron chi connectivity index (χ3n) is 4.81. The van der Waals surface area contributed by atoms with Crippen molar-refractivity contribution in [1.82, 2.24) is 0 Å². The minimum absolute atomic E-state index is 0.235. The van der Waals surface area contributed by atoms with E-state index in [1.807, 2.05) is 0 Å². The van der Waals surface area contributed by atoms with E-state index in [0.717, 1.165) is 12.5 Å². The SMILES string of the molecule is CCCC1CC(CN)(c2ccc(C(C)(C)C)cc2)C1. The van der Waals surface area contributed by atoms with Crippen molar-refractivity contribution in [3.05, 3.63) is 35.4 Å². The van der Waals surface area contributed by atoms with Gasteiger partial charge in [-0.15, -0.1) is 0 Å². The minimum atomic E-state index is 0.235. The zero-order chi connectivity index (χ0) is 14.1. The topological polar surface area (TPSA) is 26.0 Å². The maximum atomic E-state index is 6.08. The van der Waals surface area contributed by atoms with Crippen molar-refractivity contribution < 1.29 is 0 Å². The van der Waals surface area contributed by atoms with Crippen LogP contribution in [0.4, 0.5) is 0 Å². The maximum Gasteiger partial charge on any atom is 0.00808 e. The van der Waals surface area contributed by atoms with E-state index < -0.39 is 0 Å². The van der Waals surface area contributed by atoms with Gasteiger partial charge in [-0.25, -0.2) is 0 Å². The van der Waals surface area contributed by atoms with Crippen LogP contribution in [0.15, 0.2) is 24.3 Å².